The molecule has 3 nitrogen and oxygen atoms in total. The van der Waals surface area contributed by atoms with Crippen LogP contribution in [0.1, 0.15) is 18.4 Å². The SMILES string of the molecule is Cc1ccc(OCCCCOc2cccc3cccnc23)c(I)c1. The van der Waals surface area contributed by atoms with E-state index in [0.29, 0.717) is 13.2 Å². The lowest BCUT2D eigenvalue weighted by Gasteiger charge is -2.10. The first-order chi connectivity index (χ1) is 11.7. The highest BCUT2D eigenvalue weighted by molar-refractivity contribution is 14.1. The van der Waals surface area contributed by atoms with Crippen LogP contribution in [-0.4, -0.2) is 18.2 Å². The third-order valence-electron chi connectivity index (χ3n) is 3.74. The number of aryl methyl sites for hydroxylation is 1. The van der Waals surface area contributed by atoms with Gasteiger partial charge in [0.1, 0.15) is 17.0 Å². The van der Waals surface area contributed by atoms with Crippen molar-refractivity contribution in [3.63, 3.8) is 0 Å². The van der Waals surface area contributed by atoms with Gasteiger partial charge in [0, 0.05) is 11.6 Å². The zero-order valence-corrected chi connectivity index (χ0v) is 15.8. The van der Waals surface area contributed by atoms with E-state index in [-0.39, 0.29) is 0 Å². The Hall–Kier alpha value is -1.82. The molecule has 0 saturated carbocycles. The fraction of sp³-hybridized carbons (Fsp3) is 0.250. The monoisotopic (exact) mass is 433 g/mol. The van der Waals surface area contributed by atoms with Gasteiger partial charge in [0.15, 0.2) is 0 Å². The molecule has 3 rings (SSSR count). The van der Waals surface area contributed by atoms with Gasteiger partial charge in [-0.1, -0.05) is 24.3 Å². The van der Waals surface area contributed by atoms with E-state index in [9.17, 15) is 0 Å². The van der Waals surface area contributed by atoms with Crippen LogP contribution in [0, 0.1) is 10.5 Å². The average Bonchev–Trinajstić information content (AvgIpc) is 2.59. The first-order valence-corrected chi connectivity index (χ1v) is 9.17. The van der Waals surface area contributed by atoms with E-state index in [4.69, 9.17) is 9.47 Å². The summed E-state index contributed by atoms with van der Waals surface area (Å²) in [7, 11) is 0. The van der Waals surface area contributed by atoms with Crippen molar-refractivity contribution in [1.29, 1.82) is 0 Å². The zero-order chi connectivity index (χ0) is 16.8. The number of fused-ring (bicyclic) bond motifs is 1. The van der Waals surface area contributed by atoms with Gasteiger partial charge in [0.2, 0.25) is 0 Å². The predicted molar refractivity (Wildman–Crippen MR) is 106 cm³/mol. The van der Waals surface area contributed by atoms with E-state index in [1.807, 2.05) is 36.4 Å². The number of hydrogen-bond donors (Lipinski definition) is 0. The fourth-order valence-electron chi connectivity index (χ4n) is 2.48. The summed E-state index contributed by atoms with van der Waals surface area (Å²) in [5.41, 5.74) is 2.18. The van der Waals surface area contributed by atoms with E-state index in [2.05, 4.69) is 46.6 Å². The molecule has 0 aliphatic heterocycles. The smallest absolute Gasteiger partial charge is 0.145 e. The Balaban J connectivity index is 1.44. The molecule has 0 fully saturated rings. The van der Waals surface area contributed by atoms with Crippen molar-refractivity contribution in [2.45, 2.75) is 19.8 Å². The lowest BCUT2D eigenvalue weighted by molar-refractivity contribution is 0.267. The third-order valence-corrected chi connectivity index (χ3v) is 4.58. The summed E-state index contributed by atoms with van der Waals surface area (Å²) in [6.07, 6.45) is 3.71. The van der Waals surface area contributed by atoms with Crippen LogP contribution < -0.4 is 9.47 Å². The molecule has 0 aliphatic rings. The minimum atomic E-state index is 0.671. The molecule has 1 aromatic heterocycles. The van der Waals surface area contributed by atoms with Gasteiger partial charge in [-0.3, -0.25) is 4.98 Å². The third kappa shape index (κ3) is 4.38. The van der Waals surface area contributed by atoms with E-state index in [1.54, 1.807) is 6.20 Å². The molecule has 2 aromatic carbocycles. The van der Waals surface area contributed by atoms with Crippen molar-refractivity contribution >= 4 is 33.5 Å². The van der Waals surface area contributed by atoms with Crippen LogP contribution in [0.3, 0.4) is 0 Å². The molecule has 1 heterocycles. The van der Waals surface area contributed by atoms with Gasteiger partial charge >= 0.3 is 0 Å². The lowest BCUT2D eigenvalue weighted by Crippen LogP contribution is -2.03. The molecule has 24 heavy (non-hydrogen) atoms. The number of pyridine rings is 1. The van der Waals surface area contributed by atoms with Crippen LogP contribution in [0.15, 0.2) is 54.7 Å². The summed E-state index contributed by atoms with van der Waals surface area (Å²) in [4.78, 5) is 4.40. The highest BCUT2D eigenvalue weighted by Gasteiger charge is 2.03. The maximum atomic E-state index is 5.89. The second-order valence-corrected chi connectivity index (χ2v) is 6.83. The Morgan fingerprint density at radius 3 is 2.46 bits per heavy atom. The molecule has 0 bridgehead atoms. The zero-order valence-electron chi connectivity index (χ0n) is 13.7. The molecular formula is C20H20INO2. The number of ether oxygens (including phenoxy) is 2. The molecule has 4 heteroatoms. The van der Waals surface area contributed by atoms with Crippen molar-refractivity contribution in [2.75, 3.05) is 13.2 Å². The molecule has 0 N–H and O–H groups in total. The lowest BCUT2D eigenvalue weighted by atomic mass is 10.2. The number of benzene rings is 2. The molecular weight excluding hydrogens is 413 g/mol. The van der Waals surface area contributed by atoms with Crippen molar-refractivity contribution < 1.29 is 9.47 Å². The molecule has 0 unspecified atom stereocenters. The van der Waals surface area contributed by atoms with Gasteiger partial charge in [-0.2, -0.15) is 0 Å². The van der Waals surface area contributed by atoms with E-state index < -0.39 is 0 Å². The topological polar surface area (TPSA) is 31.4 Å². The molecule has 124 valence electrons. The second-order valence-electron chi connectivity index (χ2n) is 5.67. The average molecular weight is 433 g/mol. The van der Waals surface area contributed by atoms with Gasteiger partial charge < -0.3 is 9.47 Å². The largest absolute Gasteiger partial charge is 0.492 e. The number of hydrogen-bond acceptors (Lipinski definition) is 3. The van der Waals surface area contributed by atoms with E-state index >= 15 is 0 Å². The number of unbranched alkanes of at least 4 members (excludes halogenated alkanes) is 1. The first kappa shape index (κ1) is 17.0. The number of rotatable bonds is 7. The fourth-order valence-corrected chi connectivity index (χ4v) is 3.31. The van der Waals surface area contributed by atoms with Crippen molar-refractivity contribution in [3.8, 4) is 11.5 Å². The molecule has 3 aromatic rings. The minimum Gasteiger partial charge on any atom is -0.492 e. The maximum Gasteiger partial charge on any atom is 0.145 e. The summed E-state index contributed by atoms with van der Waals surface area (Å²) in [6.45, 7) is 3.46. The molecule has 0 spiro atoms. The Kier molecular flexibility index (Phi) is 5.91. The summed E-state index contributed by atoms with van der Waals surface area (Å²) in [6, 6.07) is 16.3. The van der Waals surface area contributed by atoms with Crippen LogP contribution in [0.25, 0.3) is 10.9 Å². The molecule has 0 saturated heterocycles. The summed E-state index contributed by atoms with van der Waals surface area (Å²) in [5.74, 6) is 1.81. The number of halogens is 1. The molecule has 0 atom stereocenters. The van der Waals surface area contributed by atoms with Crippen LogP contribution in [0.4, 0.5) is 0 Å². The van der Waals surface area contributed by atoms with Gasteiger partial charge in [-0.15, -0.1) is 0 Å². The maximum absolute atomic E-state index is 5.89. The Morgan fingerprint density at radius 2 is 1.67 bits per heavy atom. The van der Waals surface area contributed by atoms with E-state index in [0.717, 1.165) is 38.8 Å². The van der Waals surface area contributed by atoms with Crippen LogP contribution in [-0.2, 0) is 0 Å². The Labute approximate surface area is 156 Å². The summed E-state index contributed by atoms with van der Waals surface area (Å²) < 4.78 is 12.9. The molecule has 0 radical (unpaired) electrons. The number of aromatic nitrogens is 1. The van der Waals surface area contributed by atoms with Crippen LogP contribution in [0.5, 0.6) is 11.5 Å². The van der Waals surface area contributed by atoms with Crippen LogP contribution in [0.2, 0.25) is 0 Å². The van der Waals surface area contributed by atoms with Crippen molar-refractivity contribution in [1.82, 2.24) is 4.98 Å². The van der Waals surface area contributed by atoms with Gasteiger partial charge in [-0.25, -0.2) is 0 Å². The highest BCUT2D eigenvalue weighted by Crippen LogP contribution is 2.24. The highest BCUT2D eigenvalue weighted by atomic mass is 127. The van der Waals surface area contributed by atoms with Crippen LogP contribution >= 0.6 is 22.6 Å². The number of para-hydroxylation sites is 1. The molecule has 0 amide bonds. The number of nitrogens with zero attached hydrogens (tertiary/aromatic N) is 1. The van der Waals surface area contributed by atoms with Crippen molar-refractivity contribution in [2.24, 2.45) is 0 Å². The minimum absolute atomic E-state index is 0.671. The molecule has 0 aliphatic carbocycles. The first-order valence-electron chi connectivity index (χ1n) is 8.09. The predicted octanol–water partition coefficient (Wildman–Crippen LogP) is 5.39. The van der Waals surface area contributed by atoms with E-state index in [1.165, 1.54) is 5.56 Å². The quantitative estimate of drug-likeness (QED) is 0.370. The summed E-state index contributed by atoms with van der Waals surface area (Å²) >= 11 is 2.31. The van der Waals surface area contributed by atoms with Crippen molar-refractivity contribution in [3.05, 3.63) is 63.9 Å². The van der Waals surface area contributed by atoms with Gasteiger partial charge in [-0.05, 0) is 72.2 Å². The Morgan fingerprint density at radius 1 is 0.917 bits per heavy atom. The standard InChI is InChI=1S/C20H20INO2/c1-15-9-10-18(17(21)14-15)23-12-2-3-13-24-19-8-4-6-16-7-5-11-22-20(16)19/h4-11,14H,2-3,12-13H2,1H3. The normalized spacial score (nSPS) is 10.8. The second kappa shape index (κ2) is 8.33. The van der Waals surface area contributed by atoms with Gasteiger partial charge in [0.25, 0.3) is 0 Å². The Bertz CT molecular complexity index is 814. The summed E-state index contributed by atoms with van der Waals surface area (Å²) in [5, 5.41) is 1.10. The van der Waals surface area contributed by atoms with Gasteiger partial charge in [0.05, 0.1) is 16.8 Å².